The zero-order valence-electron chi connectivity index (χ0n) is 16.1. The van der Waals surface area contributed by atoms with E-state index in [0.717, 1.165) is 19.8 Å². The highest BCUT2D eigenvalue weighted by atomic mass is 19.3. The summed E-state index contributed by atoms with van der Waals surface area (Å²) in [5.41, 5.74) is -0.274. The smallest absolute Gasteiger partial charge is 0.261 e. The fraction of sp³-hybridized carbons (Fsp3) is 0.722. The number of carbonyl (C=O) groups is 2. The molecular formula is C18H26F2N4O3. The molecule has 0 radical (unpaired) electrons. The van der Waals surface area contributed by atoms with Gasteiger partial charge in [-0.15, -0.1) is 0 Å². The molecule has 2 amide bonds. The Bertz CT molecular complexity index is 745. The summed E-state index contributed by atoms with van der Waals surface area (Å²) < 4.78 is 33.8. The fourth-order valence-corrected chi connectivity index (χ4v) is 4.28. The van der Waals surface area contributed by atoms with Gasteiger partial charge in [0.25, 0.3) is 11.8 Å². The molecule has 2 fully saturated rings. The molecule has 7 nitrogen and oxygen atoms in total. The van der Waals surface area contributed by atoms with E-state index in [1.807, 2.05) is 0 Å². The average Bonchev–Trinajstić information content (AvgIpc) is 3.25. The molecule has 0 aromatic carbocycles. The molecule has 1 N–H and O–H groups in total. The second-order valence-corrected chi connectivity index (χ2v) is 7.67. The third kappa shape index (κ3) is 3.27. The Labute approximate surface area is 157 Å². The van der Waals surface area contributed by atoms with Crippen LogP contribution in [0.3, 0.4) is 0 Å². The van der Waals surface area contributed by atoms with Crippen molar-refractivity contribution in [2.24, 2.45) is 13.0 Å². The highest BCUT2D eigenvalue weighted by molar-refractivity contribution is 5.97. The lowest BCUT2D eigenvalue weighted by atomic mass is 9.91. The number of aryl methyl sites for hydroxylation is 1. The molecule has 1 aromatic heterocycles. The second-order valence-electron chi connectivity index (χ2n) is 7.67. The van der Waals surface area contributed by atoms with Crippen molar-refractivity contribution in [3.8, 4) is 5.88 Å². The van der Waals surface area contributed by atoms with Crippen molar-refractivity contribution in [1.82, 2.24) is 20.0 Å². The first-order valence-electron chi connectivity index (χ1n) is 9.17. The van der Waals surface area contributed by atoms with Gasteiger partial charge in [-0.25, -0.2) is 13.5 Å². The molecule has 3 atom stereocenters. The first kappa shape index (κ1) is 19.6. The lowest BCUT2D eigenvalue weighted by Gasteiger charge is -2.34. The van der Waals surface area contributed by atoms with E-state index in [4.69, 9.17) is 4.74 Å². The van der Waals surface area contributed by atoms with Gasteiger partial charge in [0.2, 0.25) is 11.8 Å². The molecule has 1 aromatic rings. The minimum atomic E-state index is -3.09. The van der Waals surface area contributed by atoms with Crippen molar-refractivity contribution >= 4 is 11.8 Å². The minimum absolute atomic E-state index is 0.211. The Kier molecular flexibility index (Phi) is 4.90. The number of carbonyl (C=O) groups excluding carboxylic acids is 2. The van der Waals surface area contributed by atoms with E-state index in [1.54, 1.807) is 11.9 Å². The van der Waals surface area contributed by atoms with Gasteiger partial charge in [-0.2, -0.15) is 5.10 Å². The van der Waals surface area contributed by atoms with Crippen LogP contribution in [0, 0.1) is 5.92 Å². The highest BCUT2D eigenvalue weighted by Crippen LogP contribution is 2.43. The first-order valence-corrected chi connectivity index (χ1v) is 9.17. The third-order valence-electron chi connectivity index (χ3n) is 6.01. The molecule has 1 aliphatic carbocycles. The summed E-state index contributed by atoms with van der Waals surface area (Å²) in [6.45, 7) is 2.44. The number of nitrogens with zero attached hydrogens (tertiary/aromatic N) is 3. The van der Waals surface area contributed by atoms with E-state index in [9.17, 15) is 18.4 Å². The monoisotopic (exact) mass is 384 g/mol. The Morgan fingerprint density at radius 3 is 2.78 bits per heavy atom. The summed E-state index contributed by atoms with van der Waals surface area (Å²) in [6, 6.07) is -0.212. The van der Waals surface area contributed by atoms with Crippen molar-refractivity contribution in [2.45, 2.75) is 57.0 Å². The number of hydrogen-bond acceptors (Lipinski definition) is 4. The summed E-state index contributed by atoms with van der Waals surface area (Å²) in [5.74, 6) is -5.01. The highest BCUT2D eigenvalue weighted by Gasteiger charge is 2.54. The molecule has 0 spiro atoms. The molecule has 0 bridgehead atoms. The van der Waals surface area contributed by atoms with Crippen molar-refractivity contribution in [3.63, 3.8) is 0 Å². The van der Waals surface area contributed by atoms with Crippen LogP contribution in [0.5, 0.6) is 5.88 Å². The SMILES string of the molecule is COc1c(C(=O)N2CCC3(NC(=O)C(C)C(C)(F)F)CCCC23)cnn1C. The second kappa shape index (κ2) is 6.76. The van der Waals surface area contributed by atoms with Gasteiger partial charge in [0.15, 0.2) is 0 Å². The van der Waals surface area contributed by atoms with Gasteiger partial charge < -0.3 is 15.0 Å². The maximum Gasteiger partial charge on any atom is 0.261 e. The molecule has 1 aliphatic heterocycles. The number of ether oxygens (including phenoxy) is 1. The Morgan fingerprint density at radius 2 is 2.15 bits per heavy atom. The van der Waals surface area contributed by atoms with E-state index in [0.29, 0.717) is 30.8 Å². The van der Waals surface area contributed by atoms with E-state index in [-0.39, 0.29) is 11.9 Å². The van der Waals surface area contributed by atoms with Crippen molar-refractivity contribution in [3.05, 3.63) is 11.8 Å². The first-order chi connectivity index (χ1) is 12.6. The van der Waals surface area contributed by atoms with Gasteiger partial charge in [0.1, 0.15) is 5.56 Å². The molecule has 27 heavy (non-hydrogen) atoms. The molecule has 3 rings (SSSR count). The number of methoxy groups -OCH3 is 1. The zero-order chi connectivity index (χ0) is 20.0. The quantitative estimate of drug-likeness (QED) is 0.842. The molecule has 1 saturated carbocycles. The van der Waals surface area contributed by atoms with E-state index in [2.05, 4.69) is 10.4 Å². The van der Waals surface area contributed by atoms with Crippen LogP contribution in [-0.2, 0) is 11.8 Å². The molecule has 150 valence electrons. The van der Waals surface area contributed by atoms with Crippen LogP contribution in [0.4, 0.5) is 8.78 Å². The average molecular weight is 384 g/mol. The van der Waals surface area contributed by atoms with E-state index >= 15 is 0 Å². The van der Waals surface area contributed by atoms with Crippen LogP contribution in [0.15, 0.2) is 6.20 Å². The van der Waals surface area contributed by atoms with Gasteiger partial charge in [0.05, 0.1) is 30.8 Å². The molecule has 1 saturated heterocycles. The molecule has 2 heterocycles. The summed E-state index contributed by atoms with van der Waals surface area (Å²) in [4.78, 5) is 27.2. The Balaban J connectivity index is 1.80. The summed E-state index contributed by atoms with van der Waals surface area (Å²) in [6.07, 6.45) is 4.26. The summed E-state index contributed by atoms with van der Waals surface area (Å²) in [5, 5.41) is 6.94. The number of likely N-dealkylation sites (tertiary alicyclic amines) is 1. The van der Waals surface area contributed by atoms with Gasteiger partial charge in [-0.3, -0.25) is 9.59 Å². The number of rotatable bonds is 5. The minimum Gasteiger partial charge on any atom is -0.481 e. The topological polar surface area (TPSA) is 76.5 Å². The normalized spacial score (nSPS) is 26.0. The largest absolute Gasteiger partial charge is 0.481 e. The van der Waals surface area contributed by atoms with Crippen LogP contribution in [-0.4, -0.2) is 57.7 Å². The number of alkyl halides is 2. The summed E-state index contributed by atoms with van der Waals surface area (Å²) in [7, 11) is 3.16. The predicted molar refractivity (Wildman–Crippen MR) is 93.7 cm³/mol. The van der Waals surface area contributed by atoms with Crippen LogP contribution >= 0.6 is 0 Å². The molecule has 9 heteroatoms. The van der Waals surface area contributed by atoms with E-state index < -0.39 is 23.3 Å². The number of nitrogens with one attached hydrogen (secondary N) is 1. The number of aromatic nitrogens is 2. The van der Waals surface area contributed by atoms with Crippen molar-refractivity contribution in [2.75, 3.05) is 13.7 Å². The van der Waals surface area contributed by atoms with Crippen LogP contribution in [0.25, 0.3) is 0 Å². The molecular weight excluding hydrogens is 358 g/mol. The summed E-state index contributed by atoms with van der Waals surface area (Å²) >= 11 is 0. The fourth-order valence-electron chi connectivity index (χ4n) is 4.28. The number of halogens is 2. The van der Waals surface area contributed by atoms with Gasteiger partial charge >= 0.3 is 0 Å². The van der Waals surface area contributed by atoms with Crippen molar-refractivity contribution in [1.29, 1.82) is 0 Å². The molecule has 2 aliphatic rings. The standard InChI is InChI=1S/C18H26F2N4O3/c1-11(17(2,19)20)14(25)22-18-7-5-6-13(18)24(9-8-18)15(26)12-10-21-23(3)16(12)27-4/h10-11,13H,5-9H2,1-4H3,(H,22,25). The number of amides is 2. The maximum absolute atomic E-state index is 13.5. The maximum atomic E-state index is 13.5. The van der Waals surface area contributed by atoms with Crippen LogP contribution in [0.2, 0.25) is 0 Å². The number of hydrogen-bond donors (Lipinski definition) is 1. The zero-order valence-corrected chi connectivity index (χ0v) is 16.1. The van der Waals surface area contributed by atoms with Crippen molar-refractivity contribution < 1.29 is 23.1 Å². The third-order valence-corrected chi connectivity index (χ3v) is 6.01. The predicted octanol–water partition coefficient (Wildman–Crippen LogP) is 1.97. The van der Waals surface area contributed by atoms with Crippen LogP contribution in [0.1, 0.15) is 49.9 Å². The van der Waals surface area contributed by atoms with Gasteiger partial charge in [-0.1, -0.05) is 0 Å². The Hall–Kier alpha value is -2.19. The lowest BCUT2D eigenvalue weighted by molar-refractivity contribution is -0.138. The van der Waals surface area contributed by atoms with Crippen LogP contribution < -0.4 is 10.1 Å². The van der Waals surface area contributed by atoms with Gasteiger partial charge in [0, 0.05) is 20.5 Å². The lowest BCUT2D eigenvalue weighted by Crippen LogP contribution is -2.56. The Morgan fingerprint density at radius 1 is 1.44 bits per heavy atom. The van der Waals surface area contributed by atoms with Gasteiger partial charge in [-0.05, 0) is 32.6 Å². The van der Waals surface area contributed by atoms with E-state index in [1.165, 1.54) is 24.9 Å². The number of fused-ring (bicyclic) bond motifs is 1. The molecule has 3 unspecified atom stereocenters.